The number of nitrogens with one attached hydrogen (secondary N) is 1. The highest BCUT2D eigenvalue weighted by atomic mass is 19.1. The van der Waals surface area contributed by atoms with E-state index in [1.807, 2.05) is 13.0 Å². The van der Waals surface area contributed by atoms with Crippen molar-refractivity contribution in [2.45, 2.75) is 45.8 Å². The molecule has 1 heterocycles. The number of rotatable bonds is 8. The third kappa shape index (κ3) is 3.83. The summed E-state index contributed by atoms with van der Waals surface area (Å²) >= 11 is 0. The summed E-state index contributed by atoms with van der Waals surface area (Å²) in [6.45, 7) is 7.69. The van der Waals surface area contributed by atoms with Gasteiger partial charge in [0.2, 0.25) is 0 Å². The largest absolute Gasteiger partial charge is 0.459 e. The molecule has 0 saturated heterocycles. The summed E-state index contributed by atoms with van der Waals surface area (Å²) in [4.78, 5) is 0. The summed E-state index contributed by atoms with van der Waals surface area (Å²) in [5.41, 5.74) is 0.709. The number of halogens is 1. The number of likely N-dealkylation sites (N-methyl/N-ethyl adjacent to an activating group) is 1. The van der Waals surface area contributed by atoms with Crippen molar-refractivity contribution in [3.05, 3.63) is 35.8 Å². The Hall–Kier alpha value is -1.39. The van der Waals surface area contributed by atoms with Gasteiger partial charge in [0.15, 0.2) is 0 Å². The van der Waals surface area contributed by atoms with Crippen LogP contribution >= 0.6 is 0 Å². The van der Waals surface area contributed by atoms with Crippen LogP contribution in [0.25, 0.3) is 11.0 Å². The van der Waals surface area contributed by atoms with Crippen molar-refractivity contribution in [2.75, 3.05) is 13.2 Å². The first-order chi connectivity index (χ1) is 10.2. The fourth-order valence-electron chi connectivity index (χ4n) is 2.67. The van der Waals surface area contributed by atoms with Gasteiger partial charge in [0, 0.05) is 12.0 Å². The van der Waals surface area contributed by atoms with Crippen LogP contribution in [0.5, 0.6) is 0 Å². The zero-order valence-corrected chi connectivity index (χ0v) is 13.0. The number of benzene rings is 1. The van der Waals surface area contributed by atoms with E-state index in [0.717, 1.165) is 30.5 Å². The molecule has 1 N–H and O–H groups in total. The van der Waals surface area contributed by atoms with Crippen LogP contribution in [0.1, 0.15) is 45.4 Å². The lowest BCUT2D eigenvalue weighted by Crippen LogP contribution is -2.33. The van der Waals surface area contributed by atoms with Gasteiger partial charge in [-0.3, -0.25) is 0 Å². The lowest BCUT2D eigenvalue weighted by Gasteiger charge is -2.25. The molecule has 0 bridgehead atoms. The van der Waals surface area contributed by atoms with Crippen LogP contribution in [0.2, 0.25) is 0 Å². The first-order valence-corrected chi connectivity index (χ1v) is 7.73. The molecule has 4 heteroatoms. The molecule has 116 valence electrons. The Bertz CT molecular complexity index is 561. The van der Waals surface area contributed by atoms with E-state index >= 15 is 0 Å². The number of fused-ring (bicyclic) bond motifs is 1. The molecule has 2 atom stereocenters. The predicted molar refractivity (Wildman–Crippen MR) is 82.9 cm³/mol. The maximum absolute atomic E-state index is 13.3. The predicted octanol–water partition coefficient (Wildman–Crippen LogP) is 4.43. The lowest BCUT2D eigenvalue weighted by molar-refractivity contribution is 0.0229. The van der Waals surface area contributed by atoms with Crippen LogP contribution in [-0.2, 0) is 4.74 Å². The molecule has 0 saturated carbocycles. The monoisotopic (exact) mass is 293 g/mol. The molecule has 0 amide bonds. The van der Waals surface area contributed by atoms with Crippen LogP contribution in [0, 0.1) is 5.82 Å². The summed E-state index contributed by atoms with van der Waals surface area (Å²) in [7, 11) is 0. The first kappa shape index (κ1) is 16.0. The second-order valence-electron chi connectivity index (χ2n) is 5.15. The normalized spacial score (nSPS) is 14.5. The van der Waals surface area contributed by atoms with Crippen LogP contribution in [0.15, 0.2) is 28.7 Å². The molecule has 0 aliphatic carbocycles. The van der Waals surface area contributed by atoms with Crippen LogP contribution in [0.3, 0.4) is 0 Å². The molecule has 2 aromatic rings. The van der Waals surface area contributed by atoms with E-state index in [4.69, 9.17) is 9.15 Å². The van der Waals surface area contributed by atoms with Crippen molar-refractivity contribution >= 4 is 11.0 Å². The minimum atomic E-state index is -0.246. The number of ether oxygens (including phenoxy) is 1. The molecule has 3 nitrogen and oxygen atoms in total. The van der Waals surface area contributed by atoms with Crippen molar-refractivity contribution < 1.29 is 13.5 Å². The molecule has 0 aliphatic rings. The Labute approximate surface area is 125 Å². The zero-order chi connectivity index (χ0) is 15.2. The summed E-state index contributed by atoms with van der Waals surface area (Å²) in [5, 5.41) is 4.22. The fourth-order valence-corrected chi connectivity index (χ4v) is 2.67. The standard InChI is InChI=1S/C17H24FNO2/c1-4-7-15(20-6-3)17(19-5-2)16-11-12-10-13(18)8-9-14(12)21-16/h8-11,15,17,19H,4-7H2,1-3H3. The minimum Gasteiger partial charge on any atom is -0.459 e. The molecule has 2 unspecified atom stereocenters. The molecule has 1 aromatic heterocycles. The van der Waals surface area contributed by atoms with E-state index in [0.29, 0.717) is 12.2 Å². The second-order valence-corrected chi connectivity index (χ2v) is 5.15. The number of furan rings is 1. The van der Waals surface area contributed by atoms with Crippen LogP contribution < -0.4 is 5.32 Å². The fraction of sp³-hybridized carbons (Fsp3) is 0.529. The molecule has 21 heavy (non-hydrogen) atoms. The van der Waals surface area contributed by atoms with Gasteiger partial charge in [-0.1, -0.05) is 20.3 Å². The summed E-state index contributed by atoms with van der Waals surface area (Å²) in [6.07, 6.45) is 2.06. The van der Waals surface area contributed by atoms with Crippen LogP contribution in [0.4, 0.5) is 4.39 Å². The van der Waals surface area contributed by atoms with Gasteiger partial charge < -0.3 is 14.5 Å². The van der Waals surface area contributed by atoms with Crippen LogP contribution in [-0.4, -0.2) is 19.3 Å². The average Bonchev–Trinajstić information content (AvgIpc) is 2.87. The Kier molecular flexibility index (Phi) is 5.76. The second kappa shape index (κ2) is 7.57. The first-order valence-electron chi connectivity index (χ1n) is 7.73. The highest BCUT2D eigenvalue weighted by Crippen LogP contribution is 2.29. The Morgan fingerprint density at radius 2 is 2.05 bits per heavy atom. The van der Waals surface area contributed by atoms with Gasteiger partial charge >= 0.3 is 0 Å². The van der Waals surface area contributed by atoms with E-state index in [1.165, 1.54) is 12.1 Å². The molecule has 0 fully saturated rings. The van der Waals surface area contributed by atoms with Crippen molar-refractivity contribution in [2.24, 2.45) is 0 Å². The average molecular weight is 293 g/mol. The smallest absolute Gasteiger partial charge is 0.134 e. The Morgan fingerprint density at radius 1 is 1.24 bits per heavy atom. The van der Waals surface area contributed by atoms with Crippen molar-refractivity contribution in [3.8, 4) is 0 Å². The molecule has 2 rings (SSSR count). The summed E-state index contributed by atoms with van der Waals surface area (Å²) in [6, 6.07) is 6.50. The third-order valence-electron chi connectivity index (χ3n) is 3.55. The lowest BCUT2D eigenvalue weighted by atomic mass is 10.0. The maximum atomic E-state index is 13.3. The van der Waals surface area contributed by atoms with Gasteiger partial charge in [0.25, 0.3) is 0 Å². The topological polar surface area (TPSA) is 34.4 Å². The maximum Gasteiger partial charge on any atom is 0.134 e. The van der Waals surface area contributed by atoms with E-state index in [9.17, 15) is 4.39 Å². The SMILES string of the molecule is CCCC(OCC)C(NCC)c1cc2cc(F)ccc2o1. The molecule has 1 aromatic carbocycles. The van der Waals surface area contributed by atoms with E-state index < -0.39 is 0 Å². The molecule has 0 spiro atoms. The Morgan fingerprint density at radius 3 is 2.71 bits per heavy atom. The summed E-state index contributed by atoms with van der Waals surface area (Å²) < 4.78 is 25.1. The van der Waals surface area contributed by atoms with Gasteiger partial charge in [-0.05, 0) is 44.2 Å². The van der Waals surface area contributed by atoms with Crippen molar-refractivity contribution in [1.29, 1.82) is 0 Å². The highest BCUT2D eigenvalue weighted by Gasteiger charge is 2.25. The number of hydrogen-bond acceptors (Lipinski definition) is 3. The van der Waals surface area contributed by atoms with Crippen molar-refractivity contribution in [3.63, 3.8) is 0 Å². The molecular weight excluding hydrogens is 269 g/mol. The highest BCUT2D eigenvalue weighted by molar-refractivity contribution is 5.78. The van der Waals surface area contributed by atoms with E-state index in [2.05, 4.69) is 19.2 Å². The van der Waals surface area contributed by atoms with Gasteiger partial charge in [-0.2, -0.15) is 0 Å². The third-order valence-corrected chi connectivity index (χ3v) is 3.55. The molecule has 0 aliphatic heterocycles. The summed E-state index contributed by atoms with van der Waals surface area (Å²) in [5.74, 6) is 0.564. The Balaban J connectivity index is 2.33. The van der Waals surface area contributed by atoms with E-state index in [1.54, 1.807) is 6.07 Å². The van der Waals surface area contributed by atoms with Gasteiger partial charge in [-0.15, -0.1) is 0 Å². The van der Waals surface area contributed by atoms with Gasteiger partial charge in [0.1, 0.15) is 17.2 Å². The van der Waals surface area contributed by atoms with Gasteiger partial charge in [-0.25, -0.2) is 4.39 Å². The zero-order valence-electron chi connectivity index (χ0n) is 13.0. The van der Waals surface area contributed by atoms with Gasteiger partial charge in [0.05, 0.1) is 12.1 Å². The molecule has 0 radical (unpaired) electrons. The minimum absolute atomic E-state index is 0.00892. The number of hydrogen-bond donors (Lipinski definition) is 1. The van der Waals surface area contributed by atoms with E-state index in [-0.39, 0.29) is 18.0 Å². The molecular formula is C17H24FNO2. The van der Waals surface area contributed by atoms with Crippen molar-refractivity contribution in [1.82, 2.24) is 5.32 Å². The quantitative estimate of drug-likeness (QED) is 0.782.